The molecule has 1 atom stereocenters. The van der Waals surface area contributed by atoms with E-state index in [2.05, 4.69) is 28.8 Å². The molecule has 0 amide bonds. The maximum atomic E-state index is 12.4. The number of benzene rings is 1. The van der Waals surface area contributed by atoms with Crippen molar-refractivity contribution in [3.8, 4) is 0 Å². The summed E-state index contributed by atoms with van der Waals surface area (Å²) in [5, 5.41) is 6.60. The van der Waals surface area contributed by atoms with Crippen LogP contribution < -0.4 is 10.5 Å². The lowest BCUT2D eigenvalue weighted by atomic mass is 9.99. The highest BCUT2D eigenvalue weighted by Crippen LogP contribution is 2.19. The van der Waals surface area contributed by atoms with Crippen molar-refractivity contribution in [1.29, 1.82) is 0 Å². The molecule has 1 unspecified atom stereocenters. The fourth-order valence-corrected chi connectivity index (χ4v) is 3.88. The molecule has 0 aliphatic rings. The minimum absolute atomic E-state index is 0. The molecule has 2 rings (SSSR count). The number of halogens is 1. The Labute approximate surface area is 149 Å². The summed E-state index contributed by atoms with van der Waals surface area (Å²) in [5.74, 6) is 0.450. The number of nitrogens with zero attached hydrogens (tertiary/aromatic N) is 1. The molecule has 0 radical (unpaired) electrons. The van der Waals surface area contributed by atoms with Gasteiger partial charge in [0.05, 0.1) is 11.4 Å². The molecule has 0 bridgehead atoms. The molecule has 8 heteroatoms. The first kappa shape index (κ1) is 20.6. The van der Waals surface area contributed by atoms with Gasteiger partial charge in [-0.25, -0.2) is 13.1 Å². The lowest BCUT2D eigenvalue weighted by Gasteiger charge is -2.15. The molecule has 24 heavy (non-hydrogen) atoms. The summed E-state index contributed by atoms with van der Waals surface area (Å²) in [6, 6.07) is 7.54. The Morgan fingerprint density at radius 2 is 1.71 bits per heavy atom. The molecule has 0 spiro atoms. The molecule has 6 nitrogen and oxygen atoms in total. The quantitative estimate of drug-likeness (QED) is 0.725. The maximum Gasteiger partial charge on any atom is 0.244 e. The van der Waals surface area contributed by atoms with E-state index < -0.39 is 16.1 Å². The van der Waals surface area contributed by atoms with Crippen LogP contribution >= 0.6 is 12.4 Å². The van der Waals surface area contributed by atoms with E-state index in [0.29, 0.717) is 17.3 Å². The molecule has 1 aromatic heterocycles. The maximum absolute atomic E-state index is 12.4. The fraction of sp³-hybridized carbons (Fsp3) is 0.438. The largest absolute Gasteiger partial charge is 0.323 e. The van der Waals surface area contributed by atoms with Gasteiger partial charge < -0.3 is 5.73 Å². The average molecular weight is 373 g/mol. The van der Waals surface area contributed by atoms with E-state index in [4.69, 9.17) is 5.73 Å². The first-order valence-electron chi connectivity index (χ1n) is 7.59. The average Bonchev–Trinajstić information content (AvgIpc) is 2.84. The van der Waals surface area contributed by atoms with Gasteiger partial charge in [0.1, 0.15) is 4.90 Å². The topological polar surface area (TPSA) is 101 Å². The Morgan fingerprint density at radius 3 is 2.17 bits per heavy atom. The van der Waals surface area contributed by atoms with Crippen molar-refractivity contribution in [2.75, 3.05) is 6.54 Å². The van der Waals surface area contributed by atoms with E-state index in [1.807, 2.05) is 24.3 Å². The standard InChI is InChI=1S/C16H24N4O2S.ClH/c1-10(2)13-5-7-14(8-6-13)15(17)9-18-23(21,22)16-11(3)19-20-12(16)4;/h5-8,10,15,18H,9,17H2,1-4H3,(H,19,20);1H. The molecule has 0 saturated carbocycles. The van der Waals surface area contributed by atoms with Crippen molar-refractivity contribution in [1.82, 2.24) is 14.9 Å². The monoisotopic (exact) mass is 372 g/mol. The lowest BCUT2D eigenvalue weighted by molar-refractivity contribution is 0.571. The van der Waals surface area contributed by atoms with Crippen LogP contribution in [0.2, 0.25) is 0 Å². The van der Waals surface area contributed by atoms with Gasteiger partial charge in [-0.2, -0.15) is 5.10 Å². The van der Waals surface area contributed by atoms with Crippen LogP contribution in [-0.4, -0.2) is 25.2 Å². The van der Waals surface area contributed by atoms with E-state index in [0.717, 1.165) is 5.56 Å². The Balaban J connectivity index is 0.00000288. The van der Waals surface area contributed by atoms with Gasteiger partial charge in [0.25, 0.3) is 0 Å². The molecule has 0 fully saturated rings. The Kier molecular flexibility index (Phi) is 6.97. The smallest absolute Gasteiger partial charge is 0.244 e. The number of sulfonamides is 1. The number of rotatable bonds is 6. The molecular weight excluding hydrogens is 348 g/mol. The molecule has 1 aromatic carbocycles. The van der Waals surface area contributed by atoms with E-state index in [1.165, 1.54) is 5.56 Å². The SMILES string of the molecule is Cc1n[nH]c(C)c1S(=O)(=O)NCC(N)c1ccc(C(C)C)cc1.Cl. The predicted molar refractivity (Wildman–Crippen MR) is 98.0 cm³/mol. The normalized spacial score (nSPS) is 12.9. The van der Waals surface area contributed by atoms with Gasteiger partial charge in [-0.05, 0) is 30.9 Å². The predicted octanol–water partition coefficient (Wildman–Crippen LogP) is 2.55. The van der Waals surface area contributed by atoms with E-state index in [1.54, 1.807) is 13.8 Å². The number of hydrogen-bond acceptors (Lipinski definition) is 4. The van der Waals surface area contributed by atoms with Gasteiger partial charge in [-0.3, -0.25) is 5.10 Å². The van der Waals surface area contributed by atoms with Crippen molar-refractivity contribution in [3.05, 3.63) is 46.8 Å². The molecule has 134 valence electrons. The minimum Gasteiger partial charge on any atom is -0.323 e. The van der Waals surface area contributed by atoms with Crippen molar-refractivity contribution >= 4 is 22.4 Å². The number of aromatic amines is 1. The van der Waals surface area contributed by atoms with Gasteiger partial charge in [-0.15, -0.1) is 12.4 Å². The molecule has 1 heterocycles. The molecule has 0 aliphatic carbocycles. The van der Waals surface area contributed by atoms with Gasteiger partial charge >= 0.3 is 0 Å². The van der Waals surface area contributed by atoms with Crippen molar-refractivity contribution in [2.24, 2.45) is 5.73 Å². The summed E-state index contributed by atoms with van der Waals surface area (Å²) in [7, 11) is -3.63. The summed E-state index contributed by atoms with van der Waals surface area (Å²) < 4.78 is 27.3. The van der Waals surface area contributed by atoms with Crippen LogP contribution in [0.4, 0.5) is 0 Å². The second-order valence-electron chi connectivity index (χ2n) is 6.04. The highest BCUT2D eigenvalue weighted by Gasteiger charge is 2.22. The van der Waals surface area contributed by atoms with Crippen LogP contribution in [0.15, 0.2) is 29.2 Å². The van der Waals surface area contributed by atoms with Crippen molar-refractivity contribution in [2.45, 2.75) is 44.6 Å². The van der Waals surface area contributed by atoms with Crippen LogP contribution in [0.25, 0.3) is 0 Å². The third-order valence-corrected chi connectivity index (χ3v) is 5.54. The first-order chi connectivity index (χ1) is 10.7. The molecular formula is C16H25ClN4O2S. The minimum atomic E-state index is -3.63. The molecule has 0 aliphatic heterocycles. The lowest BCUT2D eigenvalue weighted by Crippen LogP contribution is -2.32. The molecule has 0 saturated heterocycles. The van der Waals surface area contributed by atoms with E-state index in [-0.39, 0.29) is 23.8 Å². The van der Waals surface area contributed by atoms with Crippen molar-refractivity contribution < 1.29 is 8.42 Å². The van der Waals surface area contributed by atoms with Gasteiger partial charge in [0.2, 0.25) is 10.0 Å². The summed E-state index contributed by atoms with van der Waals surface area (Å²) in [6.45, 7) is 7.71. The number of H-pyrrole nitrogens is 1. The Hall–Kier alpha value is -1.41. The number of nitrogens with one attached hydrogen (secondary N) is 2. The highest BCUT2D eigenvalue weighted by molar-refractivity contribution is 7.89. The number of nitrogens with two attached hydrogens (primary N) is 1. The second kappa shape index (κ2) is 8.11. The van der Waals surface area contributed by atoms with Crippen LogP contribution in [0.5, 0.6) is 0 Å². The third kappa shape index (κ3) is 4.57. The van der Waals surface area contributed by atoms with Crippen LogP contribution in [0.1, 0.15) is 48.3 Å². The molecule has 4 N–H and O–H groups in total. The first-order valence-corrected chi connectivity index (χ1v) is 9.07. The van der Waals surface area contributed by atoms with E-state index in [9.17, 15) is 8.42 Å². The van der Waals surface area contributed by atoms with Gasteiger partial charge in [0.15, 0.2) is 0 Å². The number of hydrogen-bond donors (Lipinski definition) is 3. The fourth-order valence-electron chi connectivity index (χ4n) is 2.45. The highest BCUT2D eigenvalue weighted by atomic mass is 35.5. The second-order valence-corrected chi connectivity index (χ2v) is 7.75. The molecule has 2 aromatic rings. The van der Waals surface area contributed by atoms with Crippen molar-refractivity contribution in [3.63, 3.8) is 0 Å². The zero-order chi connectivity index (χ0) is 17.2. The summed E-state index contributed by atoms with van der Waals surface area (Å²) in [4.78, 5) is 0.194. The zero-order valence-electron chi connectivity index (χ0n) is 14.3. The number of aryl methyl sites for hydroxylation is 2. The van der Waals surface area contributed by atoms with Gasteiger partial charge in [-0.1, -0.05) is 38.1 Å². The number of aromatic nitrogens is 2. The summed E-state index contributed by atoms with van der Waals surface area (Å²) in [5.41, 5.74) is 9.20. The zero-order valence-corrected chi connectivity index (χ0v) is 16.0. The summed E-state index contributed by atoms with van der Waals surface area (Å²) >= 11 is 0. The van der Waals surface area contributed by atoms with Crippen LogP contribution in [-0.2, 0) is 10.0 Å². The third-order valence-electron chi connectivity index (χ3n) is 3.85. The summed E-state index contributed by atoms with van der Waals surface area (Å²) in [6.07, 6.45) is 0. The Morgan fingerprint density at radius 1 is 1.17 bits per heavy atom. The van der Waals surface area contributed by atoms with Gasteiger partial charge in [0, 0.05) is 12.6 Å². The van der Waals surface area contributed by atoms with Crippen LogP contribution in [0, 0.1) is 13.8 Å². The van der Waals surface area contributed by atoms with Crippen LogP contribution in [0.3, 0.4) is 0 Å². The Bertz CT molecular complexity index is 750. The van der Waals surface area contributed by atoms with E-state index >= 15 is 0 Å².